The zero-order valence-corrected chi connectivity index (χ0v) is 7.73. The van der Waals surface area contributed by atoms with E-state index in [9.17, 15) is 4.79 Å². The number of halogens is 1. The normalized spacial score (nSPS) is 7.90. The van der Waals surface area contributed by atoms with Crippen LogP contribution in [0.1, 0.15) is 13.8 Å². The highest BCUT2D eigenvalue weighted by atomic mass is 79.9. The number of nitrogens with zero attached hydrogens (tertiary/aromatic N) is 1. The van der Waals surface area contributed by atoms with Crippen molar-refractivity contribution < 1.29 is 4.79 Å². The largest absolute Gasteiger partial charge is 0.332 e. The highest BCUT2D eigenvalue weighted by molar-refractivity contribution is 9.12. The molecule has 10 heavy (non-hydrogen) atoms. The van der Waals surface area contributed by atoms with Gasteiger partial charge in [-0.25, -0.2) is 0 Å². The van der Waals surface area contributed by atoms with Gasteiger partial charge < -0.3 is 4.90 Å². The molecule has 0 aromatic heterocycles. The van der Waals surface area contributed by atoms with Crippen LogP contribution in [0.2, 0.25) is 0 Å². The second-order valence-electron chi connectivity index (χ2n) is 1.70. The molecule has 0 aromatic rings. The van der Waals surface area contributed by atoms with Crippen molar-refractivity contribution in [2.45, 2.75) is 13.8 Å². The van der Waals surface area contributed by atoms with Gasteiger partial charge in [0.2, 0.25) is 0 Å². The molecule has 56 valence electrons. The maximum Gasteiger partial charge on any atom is 0.299 e. The van der Waals surface area contributed by atoms with Gasteiger partial charge in [-0.3, -0.25) is 4.79 Å². The summed E-state index contributed by atoms with van der Waals surface area (Å²) in [6.07, 6.45) is 0. The van der Waals surface area contributed by atoms with Crippen LogP contribution in [0.15, 0.2) is 0 Å². The predicted octanol–water partition coefficient (Wildman–Crippen LogP) is 1.21. The minimum atomic E-state index is -0.123. The summed E-state index contributed by atoms with van der Waals surface area (Å²) in [6.45, 7) is 5.29. The highest BCUT2D eigenvalue weighted by Crippen LogP contribution is 1.86. The predicted molar refractivity (Wildman–Crippen MR) is 44.6 cm³/mol. The molecule has 0 heterocycles. The summed E-state index contributed by atoms with van der Waals surface area (Å²) in [5.41, 5.74) is 0. The molecular weight excluding hydrogens is 194 g/mol. The first-order valence-electron chi connectivity index (χ1n) is 3.16. The molecule has 0 saturated heterocycles. The number of rotatable bonds is 2. The number of amides is 1. The standard InChI is InChI=1S/C7H10BrNO/c1-3-9(4-2)7(10)5-6-8/h3-4H2,1-2H3. The first kappa shape index (κ1) is 9.51. The monoisotopic (exact) mass is 203 g/mol. The highest BCUT2D eigenvalue weighted by Gasteiger charge is 2.03. The molecular formula is C7H10BrNO. The van der Waals surface area contributed by atoms with E-state index in [4.69, 9.17) is 0 Å². The van der Waals surface area contributed by atoms with Crippen molar-refractivity contribution in [3.05, 3.63) is 0 Å². The molecule has 0 unspecified atom stereocenters. The van der Waals surface area contributed by atoms with E-state index in [1.807, 2.05) is 13.8 Å². The van der Waals surface area contributed by atoms with Crippen molar-refractivity contribution in [1.29, 1.82) is 0 Å². The molecule has 1 amide bonds. The van der Waals surface area contributed by atoms with E-state index >= 15 is 0 Å². The summed E-state index contributed by atoms with van der Waals surface area (Å²) in [5, 5.41) is 0. The fourth-order valence-corrected chi connectivity index (χ4v) is 0.800. The molecule has 0 spiro atoms. The van der Waals surface area contributed by atoms with E-state index in [0.29, 0.717) is 0 Å². The fraction of sp³-hybridized carbons (Fsp3) is 0.571. The Labute approximate surface area is 69.7 Å². The zero-order valence-electron chi connectivity index (χ0n) is 6.15. The zero-order chi connectivity index (χ0) is 7.98. The molecule has 2 nitrogen and oxygen atoms in total. The maximum absolute atomic E-state index is 10.9. The lowest BCUT2D eigenvalue weighted by molar-refractivity contribution is -0.124. The van der Waals surface area contributed by atoms with E-state index in [1.165, 1.54) is 0 Å². The third-order valence-corrected chi connectivity index (χ3v) is 1.40. The molecule has 0 aromatic carbocycles. The van der Waals surface area contributed by atoms with Gasteiger partial charge in [0.15, 0.2) is 0 Å². The Morgan fingerprint density at radius 1 is 1.50 bits per heavy atom. The van der Waals surface area contributed by atoms with Crippen LogP contribution in [-0.4, -0.2) is 23.9 Å². The number of hydrogen-bond acceptors (Lipinski definition) is 1. The molecule has 3 heteroatoms. The van der Waals surface area contributed by atoms with Crippen molar-refractivity contribution in [2.24, 2.45) is 0 Å². The molecule has 0 atom stereocenters. The van der Waals surface area contributed by atoms with E-state index in [2.05, 4.69) is 26.7 Å². The van der Waals surface area contributed by atoms with Crippen LogP contribution in [0, 0.1) is 10.8 Å². The average molecular weight is 204 g/mol. The summed E-state index contributed by atoms with van der Waals surface area (Å²) in [4.78, 5) is 15.0. The van der Waals surface area contributed by atoms with E-state index in [1.54, 1.807) is 4.90 Å². The third kappa shape index (κ3) is 2.88. The first-order valence-corrected chi connectivity index (χ1v) is 3.96. The van der Waals surface area contributed by atoms with Crippen LogP contribution in [0.4, 0.5) is 0 Å². The summed E-state index contributed by atoms with van der Waals surface area (Å²) >= 11 is 2.87. The van der Waals surface area contributed by atoms with Gasteiger partial charge in [0.25, 0.3) is 5.91 Å². The minimum absolute atomic E-state index is 0.123. The summed E-state index contributed by atoms with van der Waals surface area (Å²) < 4.78 is 0. The summed E-state index contributed by atoms with van der Waals surface area (Å²) in [6, 6.07) is 0. The Kier molecular flexibility index (Phi) is 5.05. The van der Waals surface area contributed by atoms with Crippen molar-refractivity contribution in [1.82, 2.24) is 4.90 Å². The molecule has 0 fully saturated rings. The van der Waals surface area contributed by atoms with E-state index in [-0.39, 0.29) is 5.91 Å². The van der Waals surface area contributed by atoms with E-state index in [0.717, 1.165) is 13.1 Å². The molecule has 0 radical (unpaired) electrons. The lowest BCUT2D eigenvalue weighted by Gasteiger charge is -2.13. The lowest BCUT2D eigenvalue weighted by Crippen LogP contribution is -2.28. The summed E-state index contributed by atoms with van der Waals surface area (Å²) in [7, 11) is 0. The van der Waals surface area contributed by atoms with Gasteiger partial charge in [-0.15, -0.1) is 0 Å². The Balaban J connectivity index is 3.97. The van der Waals surface area contributed by atoms with Crippen molar-refractivity contribution in [3.8, 4) is 10.8 Å². The van der Waals surface area contributed by atoms with Gasteiger partial charge in [0.05, 0.1) is 0 Å². The molecule has 0 aliphatic carbocycles. The maximum atomic E-state index is 10.9. The minimum Gasteiger partial charge on any atom is -0.332 e. The fourth-order valence-electron chi connectivity index (χ4n) is 0.630. The quantitative estimate of drug-likeness (QED) is 0.619. The van der Waals surface area contributed by atoms with Crippen molar-refractivity contribution in [3.63, 3.8) is 0 Å². The average Bonchev–Trinajstić information content (AvgIpc) is 1.91. The molecule has 0 N–H and O–H groups in total. The van der Waals surface area contributed by atoms with Crippen LogP contribution in [0.5, 0.6) is 0 Å². The van der Waals surface area contributed by atoms with Gasteiger partial charge in [0, 0.05) is 34.9 Å². The lowest BCUT2D eigenvalue weighted by atomic mass is 10.5. The second-order valence-corrected chi connectivity index (χ2v) is 2.09. The van der Waals surface area contributed by atoms with Crippen molar-refractivity contribution >= 4 is 21.8 Å². The van der Waals surface area contributed by atoms with Crippen LogP contribution < -0.4 is 0 Å². The molecule has 0 bridgehead atoms. The molecule has 0 aliphatic heterocycles. The van der Waals surface area contributed by atoms with Crippen molar-refractivity contribution in [2.75, 3.05) is 13.1 Å². The SMILES string of the molecule is CCN(CC)C(=O)C#CBr. The number of carbonyl (C=O) groups is 1. The van der Waals surface area contributed by atoms with Crippen LogP contribution in [-0.2, 0) is 4.79 Å². The smallest absolute Gasteiger partial charge is 0.299 e. The molecule has 0 saturated carbocycles. The van der Waals surface area contributed by atoms with Gasteiger partial charge in [-0.1, -0.05) is 0 Å². The van der Waals surface area contributed by atoms with Gasteiger partial charge in [-0.05, 0) is 18.7 Å². The van der Waals surface area contributed by atoms with Crippen LogP contribution in [0.25, 0.3) is 0 Å². The Hall–Kier alpha value is -0.490. The first-order chi connectivity index (χ1) is 4.76. The van der Waals surface area contributed by atoms with Crippen LogP contribution in [0.3, 0.4) is 0 Å². The topological polar surface area (TPSA) is 20.3 Å². The Morgan fingerprint density at radius 3 is 2.30 bits per heavy atom. The Bertz CT molecular complexity index is 164. The van der Waals surface area contributed by atoms with Gasteiger partial charge in [0.1, 0.15) is 0 Å². The van der Waals surface area contributed by atoms with E-state index < -0.39 is 0 Å². The second kappa shape index (κ2) is 5.31. The molecule has 0 rings (SSSR count). The summed E-state index contributed by atoms with van der Waals surface area (Å²) in [5.74, 6) is 2.28. The van der Waals surface area contributed by atoms with Gasteiger partial charge >= 0.3 is 0 Å². The number of carbonyl (C=O) groups excluding carboxylic acids is 1. The third-order valence-electron chi connectivity index (χ3n) is 1.20. The number of hydrogen-bond donors (Lipinski definition) is 0. The molecule has 0 aliphatic rings. The van der Waals surface area contributed by atoms with Gasteiger partial charge in [-0.2, -0.15) is 0 Å². The van der Waals surface area contributed by atoms with Crippen LogP contribution >= 0.6 is 15.9 Å². The Morgan fingerprint density at radius 2 is 2.00 bits per heavy atom.